The second kappa shape index (κ2) is 11.2. The van der Waals surface area contributed by atoms with E-state index in [-0.39, 0.29) is 33.6 Å². The van der Waals surface area contributed by atoms with Gasteiger partial charge in [0.05, 0.1) is 16.7 Å². The molecule has 0 saturated carbocycles. The summed E-state index contributed by atoms with van der Waals surface area (Å²) in [5.41, 5.74) is -0.960. The third kappa shape index (κ3) is 6.16. The second-order valence-corrected chi connectivity index (χ2v) is 11.8. The van der Waals surface area contributed by atoms with Gasteiger partial charge in [0.15, 0.2) is 0 Å². The van der Waals surface area contributed by atoms with Crippen molar-refractivity contribution in [3.63, 3.8) is 0 Å². The number of carbonyl (C=O) groups excluding carboxylic acids is 2. The predicted molar refractivity (Wildman–Crippen MR) is 146 cm³/mol. The Kier molecular flexibility index (Phi) is 8.30. The van der Waals surface area contributed by atoms with E-state index < -0.39 is 41.8 Å². The number of ether oxygens (including phenoxy) is 1. The fourth-order valence-electron chi connectivity index (χ4n) is 5.10. The molecule has 1 aliphatic heterocycles. The first-order valence-corrected chi connectivity index (χ1v) is 13.9. The van der Waals surface area contributed by atoms with E-state index in [1.54, 1.807) is 11.8 Å². The van der Waals surface area contributed by atoms with Gasteiger partial charge in [-0.1, -0.05) is 44.2 Å². The maximum absolute atomic E-state index is 13.8. The minimum absolute atomic E-state index is 0.0567. The average Bonchev–Trinajstić information content (AvgIpc) is 3.23. The molecule has 1 fully saturated rings. The maximum atomic E-state index is 13.8. The van der Waals surface area contributed by atoms with Crippen molar-refractivity contribution in [3.05, 3.63) is 67.2 Å². The van der Waals surface area contributed by atoms with E-state index in [1.807, 2.05) is 44.2 Å². The molecule has 2 aromatic heterocycles. The van der Waals surface area contributed by atoms with Gasteiger partial charge in [0.25, 0.3) is 11.5 Å². The summed E-state index contributed by atoms with van der Waals surface area (Å²) < 4.78 is 46.9. The number of hydrogen-bond acceptors (Lipinski definition) is 6. The Morgan fingerprint density at radius 1 is 1.05 bits per heavy atom. The molecule has 1 aliphatic rings. The average molecular weight is 580 g/mol. The highest BCUT2D eigenvalue weighted by Crippen LogP contribution is 2.32. The van der Waals surface area contributed by atoms with E-state index in [4.69, 9.17) is 4.74 Å². The predicted octanol–water partition coefficient (Wildman–Crippen LogP) is 4.63. The summed E-state index contributed by atoms with van der Waals surface area (Å²) in [5, 5.41) is 0.0776. The van der Waals surface area contributed by atoms with Gasteiger partial charge in [-0.3, -0.25) is 23.5 Å². The number of carbonyl (C=O) groups is 2. The number of rotatable bonds is 7. The van der Waals surface area contributed by atoms with Crippen LogP contribution in [-0.2, 0) is 28.0 Å². The lowest BCUT2D eigenvalue weighted by Crippen LogP contribution is -2.44. The number of aryl methyl sites for hydroxylation is 2. The van der Waals surface area contributed by atoms with E-state index in [9.17, 15) is 32.3 Å². The molecule has 1 aromatic carbocycles. The van der Waals surface area contributed by atoms with Crippen molar-refractivity contribution in [1.29, 1.82) is 0 Å². The first kappa shape index (κ1) is 29.6. The Labute approximate surface area is 233 Å². The van der Waals surface area contributed by atoms with Crippen molar-refractivity contribution in [1.82, 2.24) is 14.0 Å². The number of nitrogens with zero attached hydrogens (tertiary/aromatic N) is 3. The zero-order valence-electron chi connectivity index (χ0n) is 22.8. The molecule has 0 aliphatic carbocycles. The van der Waals surface area contributed by atoms with Crippen molar-refractivity contribution >= 4 is 33.4 Å². The molecule has 0 N–H and O–H groups in total. The fraction of sp³-hybridized carbons (Fsp3) is 0.500. The van der Waals surface area contributed by atoms with Crippen molar-refractivity contribution in [2.75, 3.05) is 13.1 Å². The van der Waals surface area contributed by atoms with Crippen molar-refractivity contribution < 1.29 is 27.5 Å². The van der Waals surface area contributed by atoms with E-state index in [1.165, 1.54) is 6.92 Å². The minimum Gasteiger partial charge on any atom is -0.462 e. The molecule has 40 heavy (non-hydrogen) atoms. The molecular formula is C28H32F3N3O5S. The molecule has 12 heteroatoms. The smallest absolute Gasteiger partial charge is 0.390 e. The Morgan fingerprint density at radius 2 is 1.68 bits per heavy atom. The summed E-state index contributed by atoms with van der Waals surface area (Å²) in [5.74, 6) is -0.765. The number of thiophene rings is 1. The number of likely N-dealkylation sites (tertiary alicyclic amines) is 1. The lowest BCUT2D eigenvalue weighted by molar-refractivity contribution is -0.148. The number of alkyl halides is 3. The fourth-order valence-corrected chi connectivity index (χ4v) is 6.39. The van der Waals surface area contributed by atoms with E-state index >= 15 is 0 Å². The quantitative estimate of drug-likeness (QED) is 0.381. The summed E-state index contributed by atoms with van der Waals surface area (Å²) in [4.78, 5) is 53.9. The van der Waals surface area contributed by atoms with Gasteiger partial charge in [-0.25, -0.2) is 4.79 Å². The number of fused-ring (bicyclic) bond motifs is 1. The Morgan fingerprint density at radius 3 is 2.25 bits per heavy atom. The van der Waals surface area contributed by atoms with Gasteiger partial charge in [0, 0.05) is 51.4 Å². The molecule has 1 amide bonds. The van der Waals surface area contributed by atoms with Crippen LogP contribution in [0.15, 0.2) is 39.9 Å². The molecule has 0 atom stereocenters. The lowest BCUT2D eigenvalue weighted by atomic mass is 9.84. The number of benzene rings is 1. The molecule has 3 aromatic rings. The van der Waals surface area contributed by atoms with Gasteiger partial charge in [-0.05, 0) is 18.1 Å². The first-order valence-electron chi connectivity index (χ1n) is 13.0. The Bertz CT molecular complexity index is 1530. The molecule has 0 spiro atoms. The van der Waals surface area contributed by atoms with E-state index in [2.05, 4.69) is 0 Å². The van der Waals surface area contributed by atoms with Crippen LogP contribution < -0.4 is 11.2 Å². The van der Waals surface area contributed by atoms with E-state index in [0.29, 0.717) is 31.5 Å². The van der Waals surface area contributed by atoms with Crippen molar-refractivity contribution in [2.45, 2.75) is 77.7 Å². The molecule has 0 unspecified atom stereocenters. The molecule has 1 saturated heterocycles. The van der Waals surface area contributed by atoms with Gasteiger partial charge >= 0.3 is 17.8 Å². The standard InChI is InChI=1S/C28H32F3N3O5S/c1-17-21-23(36)34(16-27(3,4)19-8-6-5-7-9-19)26(38)33(15-12-28(29,30)31)25(21)40-22(17)24(37)32-13-10-20(11-14-32)39-18(2)35/h5-9,20H,10-16H2,1-4H3. The summed E-state index contributed by atoms with van der Waals surface area (Å²) in [6, 6.07) is 9.24. The van der Waals surface area contributed by atoms with E-state index in [0.717, 1.165) is 26.0 Å². The van der Waals surface area contributed by atoms with Crippen LogP contribution >= 0.6 is 11.3 Å². The summed E-state index contributed by atoms with van der Waals surface area (Å²) in [6.45, 7) is 6.53. The highest BCUT2D eigenvalue weighted by Gasteiger charge is 2.32. The third-order valence-electron chi connectivity index (χ3n) is 7.28. The van der Waals surface area contributed by atoms with Crippen molar-refractivity contribution in [3.8, 4) is 0 Å². The topological polar surface area (TPSA) is 90.6 Å². The molecule has 4 rings (SSSR count). The molecule has 3 heterocycles. The van der Waals surface area contributed by atoms with Gasteiger partial charge in [-0.15, -0.1) is 11.3 Å². The van der Waals surface area contributed by atoms with Gasteiger partial charge < -0.3 is 9.64 Å². The summed E-state index contributed by atoms with van der Waals surface area (Å²) in [6.07, 6.45) is -5.17. The zero-order valence-corrected chi connectivity index (χ0v) is 23.7. The van der Waals surface area contributed by atoms with Crippen molar-refractivity contribution in [2.24, 2.45) is 0 Å². The van der Waals surface area contributed by atoms with Crippen LogP contribution in [0.3, 0.4) is 0 Å². The Hall–Kier alpha value is -3.41. The number of halogens is 3. The third-order valence-corrected chi connectivity index (χ3v) is 8.58. The van der Waals surface area contributed by atoms with Gasteiger partial charge in [-0.2, -0.15) is 13.2 Å². The summed E-state index contributed by atoms with van der Waals surface area (Å²) in [7, 11) is 0. The van der Waals surface area contributed by atoms with Crippen LogP contribution in [0.1, 0.15) is 60.8 Å². The number of piperidine rings is 1. The summed E-state index contributed by atoms with van der Waals surface area (Å²) >= 11 is 0.871. The molecule has 8 nitrogen and oxygen atoms in total. The highest BCUT2D eigenvalue weighted by atomic mass is 32.1. The molecule has 0 bridgehead atoms. The van der Waals surface area contributed by atoms with Crippen LogP contribution in [0, 0.1) is 6.92 Å². The van der Waals surface area contributed by atoms with Crippen LogP contribution in [-0.4, -0.2) is 51.3 Å². The second-order valence-electron chi connectivity index (χ2n) is 10.8. The minimum atomic E-state index is -4.52. The normalized spacial score (nSPS) is 15.0. The molecular weight excluding hydrogens is 547 g/mol. The van der Waals surface area contributed by atoms with Crippen LogP contribution in [0.2, 0.25) is 0 Å². The highest BCUT2D eigenvalue weighted by molar-refractivity contribution is 7.20. The van der Waals surface area contributed by atoms with Crippen LogP contribution in [0.5, 0.6) is 0 Å². The SMILES string of the molecule is CC(=O)OC1CCN(C(=O)c2sc3c(c2C)c(=O)n(CC(C)(C)c2ccccc2)c(=O)n3CCC(F)(F)F)CC1. The maximum Gasteiger partial charge on any atom is 0.390 e. The van der Waals surface area contributed by atoms with Crippen LogP contribution in [0.4, 0.5) is 13.2 Å². The first-order chi connectivity index (χ1) is 18.7. The molecule has 0 radical (unpaired) electrons. The number of aromatic nitrogens is 2. The van der Waals surface area contributed by atoms with Gasteiger partial charge in [0.2, 0.25) is 0 Å². The zero-order chi connectivity index (χ0) is 29.4. The number of amides is 1. The largest absolute Gasteiger partial charge is 0.462 e. The molecule has 216 valence electrons. The number of esters is 1. The number of hydrogen-bond donors (Lipinski definition) is 0. The van der Waals surface area contributed by atoms with Crippen LogP contribution in [0.25, 0.3) is 10.2 Å². The van der Waals surface area contributed by atoms with Gasteiger partial charge in [0.1, 0.15) is 10.9 Å². The lowest BCUT2D eigenvalue weighted by Gasteiger charge is -2.31. The monoisotopic (exact) mass is 579 g/mol. The Balaban J connectivity index is 1.78.